The molecule has 3 heteroatoms. The van der Waals surface area contributed by atoms with Crippen molar-refractivity contribution in [3.63, 3.8) is 0 Å². The number of rotatable bonds is 5. The Hall–Kier alpha value is -1.87. The number of ether oxygens (including phenoxy) is 1. The molecule has 0 fully saturated rings. The maximum atomic E-state index is 13.5. The van der Waals surface area contributed by atoms with Gasteiger partial charge in [0.2, 0.25) is 0 Å². The van der Waals surface area contributed by atoms with Crippen LogP contribution in [0.2, 0.25) is 0 Å². The standard InChI is InChI=1S/C18H22FNO/c1-5-20-18(14-6-8-16(19)12(2)10-14)15-7-9-17(21-4)13(3)11-15/h6-11,18,20H,5H2,1-4H3. The minimum Gasteiger partial charge on any atom is -0.496 e. The molecule has 1 N–H and O–H groups in total. The summed E-state index contributed by atoms with van der Waals surface area (Å²) in [5.41, 5.74) is 3.99. The van der Waals surface area contributed by atoms with Gasteiger partial charge in [-0.05, 0) is 54.8 Å². The van der Waals surface area contributed by atoms with E-state index >= 15 is 0 Å². The van der Waals surface area contributed by atoms with Crippen molar-refractivity contribution < 1.29 is 9.13 Å². The van der Waals surface area contributed by atoms with Gasteiger partial charge in [0.05, 0.1) is 13.2 Å². The smallest absolute Gasteiger partial charge is 0.126 e. The van der Waals surface area contributed by atoms with E-state index in [1.807, 2.05) is 25.1 Å². The van der Waals surface area contributed by atoms with E-state index in [4.69, 9.17) is 4.74 Å². The number of hydrogen-bond donors (Lipinski definition) is 1. The van der Waals surface area contributed by atoms with Gasteiger partial charge < -0.3 is 10.1 Å². The summed E-state index contributed by atoms with van der Waals surface area (Å²) in [5.74, 6) is 0.712. The SMILES string of the molecule is CCNC(c1ccc(F)c(C)c1)c1ccc(OC)c(C)c1. The number of benzene rings is 2. The minimum absolute atomic E-state index is 0.0545. The van der Waals surface area contributed by atoms with Crippen LogP contribution >= 0.6 is 0 Å². The van der Waals surface area contributed by atoms with E-state index in [1.54, 1.807) is 14.0 Å². The molecule has 0 amide bonds. The van der Waals surface area contributed by atoms with Crippen LogP contribution in [-0.4, -0.2) is 13.7 Å². The van der Waals surface area contributed by atoms with Crippen LogP contribution in [0.4, 0.5) is 4.39 Å². The van der Waals surface area contributed by atoms with Crippen LogP contribution in [0.1, 0.15) is 35.2 Å². The maximum absolute atomic E-state index is 13.5. The molecule has 0 aliphatic heterocycles. The van der Waals surface area contributed by atoms with E-state index in [-0.39, 0.29) is 11.9 Å². The number of methoxy groups -OCH3 is 1. The van der Waals surface area contributed by atoms with Crippen molar-refractivity contribution in [2.75, 3.05) is 13.7 Å². The average molecular weight is 287 g/mol. The van der Waals surface area contributed by atoms with Gasteiger partial charge in [-0.1, -0.05) is 31.2 Å². The fourth-order valence-electron chi connectivity index (χ4n) is 2.56. The van der Waals surface area contributed by atoms with Gasteiger partial charge in [-0.2, -0.15) is 0 Å². The van der Waals surface area contributed by atoms with E-state index < -0.39 is 0 Å². The number of aryl methyl sites for hydroxylation is 2. The second-order valence-corrected chi connectivity index (χ2v) is 5.23. The molecule has 1 atom stereocenters. The molecular formula is C18H22FNO. The predicted molar refractivity (Wildman–Crippen MR) is 84.4 cm³/mol. The van der Waals surface area contributed by atoms with Crippen LogP contribution in [-0.2, 0) is 0 Å². The monoisotopic (exact) mass is 287 g/mol. The Kier molecular flexibility index (Phi) is 4.97. The third-order valence-electron chi connectivity index (χ3n) is 3.68. The van der Waals surface area contributed by atoms with E-state index in [1.165, 1.54) is 6.07 Å². The fraction of sp³-hybridized carbons (Fsp3) is 0.333. The van der Waals surface area contributed by atoms with Gasteiger partial charge in [-0.3, -0.25) is 0 Å². The number of nitrogens with one attached hydrogen (secondary N) is 1. The highest BCUT2D eigenvalue weighted by atomic mass is 19.1. The summed E-state index contributed by atoms with van der Waals surface area (Å²) in [6, 6.07) is 11.5. The van der Waals surface area contributed by atoms with Crippen LogP contribution in [0.25, 0.3) is 0 Å². The van der Waals surface area contributed by atoms with Crippen LogP contribution in [0.5, 0.6) is 5.75 Å². The Balaban J connectivity index is 2.42. The van der Waals surface area contributed by atoms with Crippen molar-refractivity contribution in [3.05, 3.63) is 64.5 Å². The second-order valence-electron chi connectivity index (χ2n) is 5.23. The molecule has 0 radical (unpaired) electrons. The van der Waals surface area contributed by atoms with Crippen molar-refractivity contribution in [1.82, 2.24) is 5.32 Å². The second kappa shape index (κ2) is 6.72. The topological polar surface area (TPSA) is 21.3 Å². The van der Waals surface area contributed by atoms with Gasteiger partial charge in [0, 0.05) is 0 Å². The Bertz CT molecular complexity index is 625. The molecule has 112 valence electrons. The van der Waals surface area contributed by atoms with Gasteiger partial charge in [0.15, 0.2) is 0 Å². The van der Waals surface area contributed by atoms with E-state index in [9.17, 15) is 4.39 Å². The molecule has 2 rings (SSSR count). The zero-order valence-electron chi connectivity index (χ0n) is 13.0. The lowest BCUT2D eigenvalue weighted by Gasteiger charge is -2.20. The molecule has 2 aromatic carbocycles. The summed E-state index contributed by atoms with van der Waals surface area (Å²) in [6.45, 7) is 6.73. The molecule has 0 saturated carbocycles. The summed E-state index contributed by atoms with van der Waals surface area (Å²) in [5, 5.41) is 3.46. The molecule has 0 aliphatic carbocycles. The summed E-state index contributed by atoms with van der Waals surface area (Å²) in [4.78, 5) is 0. The van der Waals surface area contributed by atoms with Crippen LogP contribution in [0.3, 0.4) is 0 Å². The molecule has 0 aromatic heterocycles. The summed E-state index contributed by atoms with van der Waals surface area (Å²) in [6.07, 6.45) is 0. The first-order chi connectivity index (χ1) is 10.1. The Morgan fingerprint density at radius 2 is 1.67 bits per heavy atom. The number of hydrogen-bond acceptors (Lipinski definition) is 2. The summed E-state index contributed by atoms with van der Waals surface area (Å²) >= 11 is 0. The van der Waals surface area contributed by atoms with Crippen molar-refractivity contribution in [1.29, 1.82) is 0 Å². The van der Waals surface area contributed by atoms with Crippen molar-refractivity contribution in [2.24, 2.45) is 0 Å². The molecular weight excluding hydrogens is 265 g/mol. The molecule has 0 bridgehead atoms. The summed E-state index contributed by atoms with van der Waals surface area (Å²) in [7, 11) is 1.67. The highest BCUT2D eigenvalue weighted by molar-refractivity contribution is 5.41. The molecule has 21 heavy (non-hydrogen) atoms. The quantitative estimate of drug-likeness (QED) is 0.892. The van der Waals surface area contributed by atoms with Crippen molar-refractivity contribution in [2.45, 2.75) is 26.8 Å². The lowest BCUT2D eigenvalue weighted by molar-refractivity contribution is 0.411. The molecule has 0 spiro atoms. The van der Waals surface area contributed by atoms with Gasteiger partial charge in [0.25, 0.3) is 0 Å². The molecule has 1 unspecified atom stereocenters. The van der Waals surface area contributed by atoms with Crippen LogP contribution in [0.15, 0.2) is 36.4 Å². The average Bonchev–Trinajstić information content (AvgIpc) is 2.48. The van der Waals surface area contributed by atoms with E-state index in [0.717, 1.165) is 29.0 Å². The zero-order valence-corrected chi connectivity index (χ0v) is 13.0. The molecule has 2 nitrogen and oxygen atoms in total. The summed E-state index contributed by atoms with van der Waals surface area (Å²) < 4.78 is 18.8. The van der Waals surface area contributed by atoms with Crippen LogP contribution < -0.4 is 10.1 Å². The highest BCUT2D eigenvalue weighted by Gasteiger charge is 2.15. The number of halogens is 1. The van der Waals surface area contributed by atoms with Gasteiger partial charge in [-0.25, -0.2) is 4.39 Å². The van der Waals surface area contributed by atoms with Gasteiger partial charge in [0.1, 0.15) is 11.6 Å². The first-order valence-electron chi connectivity index (χ1n) is 7.20. The molecule has 0 heterocycles. The van der Waals surface area contributed by atoms with E-state index in [2.05, 4.69) is 24.4 Å². The normalized spacial score (nSPS) is 12.2. The maximum Gasteiger partial charge on any atom is 0.126 e. The largest absolute Gasteiger partial charge is 0.496 e. The van der Waals surface area contributed by atoms with Crippen LogP contribution in [0, 0.1) is 19.7 Å². The van der Waals surface area contributed by atoms with Gasteiger partial charge >= 0.3 is 0 Å². The Labute approximate surface area is 126 Å². The van der Waals surface area contributed by atoms with E-state index in [0.29, 0.717) is 5.56 Å². The lowest BCUT2D eigenvalue weighted by atomic mass is 9.95. The van der Waals surface area contributed by atoms with Crippen molar-refractivity contribution in [3.8, 4) is 5.75 Å². The molecule has 2 aromatic rings. The fourth-order valence-corrected chi connectivity index (χ4v) is 2.56. The lowest BCUT2D eigenvalue weighted by Crippen LogP contribution is -2.22. The first-order valence-corrected chi connectivity index (χ1v) is 7.20. The predicted octanol–water partition coefficient (Wildman–Crippen LogP) is 4.15. The molecule has 0 aliphatic rings. The zero-order chi connectivity index (χ0) is 15.4. The van der Waals surface area contributed by atoms with Gasteiger partial charge in [-0.15, -0.1) is 0 Å². The third kappa shape index (κ3) is 3.42. The Morgan fingerprint density at radius 1 is 1.05 bits per heavy atom. The van der Waals surface area contributed by atoms with Crippen molar-refractivity contribution >= 4 is 0 Å². The highest BCUT2D eigenvalue weighted by Crippen LogP contribution is 2.27. The molecule has 0 saturated heterocycles. The Morgan fingerprint density at radius 3 is 2.19 bits per heavy atom. The third-order valence-corrected chi connectivity index (χ3v) is 3.68. The first kappa shape index (κ1) is 15.5. The minimum atomic E-state index is -0.167.